The molecule has 0 amide bonds. The monoisotopic (exact) mass is 301 g/mol. The zero-order valence-electron chi connectivity index (χ0n) is 7.27. The van der Waals surface area contributed by atoms with Crippen molar-refractivity contribution in [1.29, 1.82) is 0 Å². The molecule has 0 aliphatic rings. The van der Waals surface area contributed by atoms with Crippen LogP contribution in [0, 0.1) is 0 Å². The van der Waals surface area contributed by atoms with E-state index < -0.39 is 0 Å². The molecule has 2 rings (SSSR count). The lowest BCUT2D eigenvalue weighted by molar-refractivity contribution is 0.505. The molecule has 2 aromatic rings. The van der Waals surface area contributed by atoms with Crippen LogP contribution in [0.2, 0.25) is 0 Å². The summed E-state index contributed by atoms with van der Waals surface area (Å²) in [6.45, 7) is 0.626. The first-order valence-electron chi connectivity index (χ1n) is 4.09. The number of nitrogens with one attached hydrogen (secondary N) is 1. The molecule has 0 aromatic carbocycles. The van der Waals surface area contributed by atoms with Crippen LogP contribution in [0.1, 0.15) is 5.89 Å². The second kappa shape index (κ2) is 4.52. The molecule has 0 bridgehead atoms. The van der Waals surface area contributed by atoms with Gasteiger partial charge >= 0.3 is 0 Å². The van der Waals surface area contributed by atoms with Gasteiger partial charge in [0.05, 0.1) is 12.7 Å². The highest BCUT2D eigenvalue weighted by Crippen LogP contribution is 2.18. The van der Waals surface area contributed by atoms with E-state index in [0.717, 1.165) is 11.3 Å². The summed E-state index contributed by atoms with van der Waals surface area (Å²) < 4.78 is 8.44. The largest absolute Gasteiger partial charge is 0.439 e. The maximum atomic E-state index is 5.49. The fraction of sp³-hybridized carbons (Fsp3) is 0.111. The standard InChI is InChI=1S/C9H8IN3O/c10-13-6-9-12-5-8(14-9)7-2-1-3-11-4-7/h1-5,13H,6H2. The van der Waals surface area contributed by atoms with Gasteiger partial charge in [0.25, 0.3) is 0 Å². The number of nitrogens with zero attached hydrogens (tertiary/aromatic N) is 2. The molecule has 72 valence electrons. The van der Waals surface area contributed by atoms with Crippen LogP contribution in [0.15, 0.2) is 35.1 Å². The third-order valence-corrected chi connectivity index (χ3v) is 2.10. The summed E-state index contributed by atoms with van der Waals surface area (Å²) in [5, 5.41) is 0. The summed E-state index contributed by atoms with van der Waals surface area (Å²) in [6, 6.07) is 3.81. The average molecular weight is 301 g/mol. The second-order valence-corrected chi connectivity index (χ2v) is 3.43. The van der Waals surface area contributed by atoms with Gasteiger partial charge in [-0.25, -0.2) is 4.98 Å². The van der Waals surface area contributed by atoms with E-state index in [0.29, 0.717) is 12.4 Å². The molecule has 0 radical (unpaired) electrons. The third-order valence-electron chi connectivity index (χ3n) is 1.72. The molecule has 14 heavy (non-hydrogen) atoms. The van der Waals surface area contributed by atoms with Crippen molar-refractivity contribution in [2.75, 3.05) is 0 Å². The van der Waals surface area contributed by atoms with Gasteiger partial charge in [0, 0.05) is 40.8 Å². The number of rotatable bonds is 3. The Kier molecular flexibility index (Phi) is 3.10. The first kappa shape index (κ1) is 9.60. The third kappa shape index (κ3) is 2.10. The first-order valence-corrected chi connectivity index (χ1v) is 5.16. The number of halogens is 1. The molecule has 4 nitrogen and oxygen atoms in total. The van der Waals surface area contributed by atoms with Gasteiger partial charge in [0.1, 0.15) is 0 Å². The van der Waals surface area contributed by atoms with Gasteiger partial charge < -0.3 is 4.42 Å². The molecular formula is C9H8IN3O. The minimum atomic E-state index is 0.626. The van der Waals surface area contributed by atoms with E-state index in [2.05, 4.69) is 36.4 Å². The molecule has 5 heteroatoms. The average Bonchev–Trinajstić information content (AvgIpc) is 2.68. The quantitative estimate of drug-likeness (QED) is 0.697. The molecule has 0 fully saturated rings. The van der Waals surface area contributed by atoms with Gasteiger partial charge in [-0.05, 0) is 12.1 Å². The fourth-order valence-corrected chi connectivity index (χ4v) is 1.42. The summed E-state index contributed by atoms with van der Waals surface area (Å²) in [6.07, 6.45) is 5.19. The molecule has 2 heterocycles. The van der Waals surface area contributed by atoms with Crippen molar-refractivity contribution in [3.8, 4) is 11.3 Å². The molecule has 0 aliphatic heterocycles. The van der Waals surface area contributed by atoms with Crippen LogP contribution in [-0.4, -0.2) is 9.97 Å². The normalized spacial score (nSPS) is 10.4. The molecular weight excluding hydrogens is 293 g/mol. The van der Waals surface area contributed by atoms with Crippen LogP contribution in [0.25, 0.3) is 11.3 Å². The number of aromatic nitrogens is 2. The van der Waals surface area contributed by atoms with E-state index in [1.807, 2.05) is 12.1 Å². The Hall–Kier alpha value is -0.950. The van der Waals surface area contributed by atoms with Gasteiger partial charge in [-0.3, -0.25) is 8.51 Å². The lowest BCUT2D eigenvalue weighted by atomic mass is 10.2. The van der Waals surface area contributed by atoms with Crippen LogP contribution in [-0.2, 0) is 6.54 Å². The summed E-state index contributed by atoms with van der Waals surface area (Å²) >= 11 is 2.05. The predicted octanol–water partition coefficient (Wildman–Crippen LogP) is 2.18. The number of hydrogen-bond acceptors (Lipinski definition) is 4. The number of oxazole rings is 1. The SMILES string of the molecule is INCc1ncc(-c2cccnc2)o1. The van der Waals surface area contributed by atoms with Crippen LogP contribution in [0.4, 0.5) is 0 Å². The number of pyridine rings is 1. The summed E-state index contributed by atoms with van der Waals surface area (Å²) in [4.78, 5) is 8.13. The Morgan fingerprint density at radius 3 is 3.07 bits per heavy atom. The fourth-order valence-electron chi connectivity index (χ4n) is 1.09. The molecule has 0 spiro atoms. The van der Waals surface area contributed by atoms with Gasteiger partial charge in [-0.1, -0.05) is 0 Å². The van der Waals surface area contributed by atoms with Crippen molar-refractivity contribution in [1.82, 2.24) is 13.5 Å². The Morgan fingerprint density at radius 1 is 1.43 bits per heavy atom. The van der Waals surface area contributed by atoms with Crippen molar-refractivity contribution in [3.05, 3.63) is 36.6 Å². The van der Waals surface area contributed by atoms with E-state index in [1.54, 1.807) is 18.6 Å². The van der Waals surface area contributed by atoms with Gasteiger partial charge in [-0.15, -0.1) is 0 Å². The first-order chi connectivity index (χ1) is 6.90. The van der Waals surface area contributed by atoms with Gasteiger partial charge in [0.2, 0.25) is 5.89 Å². The summed E-state index contributed by atoms with van der Waals surface area (Å²) in [7, 11) is 0. The Bertz CT molecular complexity index is 401. The highest BCUT2D eigenvalue weighted by atomic mass is 127. The van der Waals surface area contributed by atoms with E-state index in [1.165, 1.54) is 0 Å². The van der Waals surface area contributed by atoms with Crippen LogP contribution in [0.3, 0.4) is 0 Å². The molecule has 0 saturated carbocycles. The Morgan fingerprint density at radius 2 is 2.36 bits per heavy atom. The maximum absolute atomic E-state index is 5.49. The topological polar surface area (TPSA) is 51.0 Å². The molecule has 0 unspecified atom stereocenters. The highest BCUT2D eigenvalue weighted by molar-refractivity contribution is 14.1. The summed E-state index contributed by atoms with van der Waals surface area (Å²) in [5.74, 6) is 1.43. The van der Waals surface area contributed by atoms with Gasteiger partial charge in [0.15, 0.2) is 5.76 Å². The van der Waals surface area contributed by atoms with E-state index >= 15 is 0 Å². The Balaban J connectivity index is 2.25. The van der Waals surface area contributed by atoms with Crippen molar-refractivity contribution in [2.45, 2.75) is 6.54 Å². The van der Waals surface area contributed by atoms with Crippen LogP contribution in [0.5, 0.6) is 0 Å². The van der Waals surface area contributed by atoms with Gasteiger partial charge in [-0.2, -0.15) is 0 Å². The predicted molar refractivity (Wildman–Crippen MR) is 60.6 cm³/mol. The van der Waals surface area contributed by atoms with Crippen molar-refractivity contribution in [3.63, 3.8) is 0 Å². The highest BCUT2D eigenvalue weighted by Gasteiger charge is 2.04. The van der Waals surface area contributed by atoms with Crippen LogP contribution < -0.4 is 3.53 Å². The molecule has 0 aliphatic carbocycles. The zero-order valence-corrected chi connectivity index (χ0v) is 9.43. The maximum Gasteiger partial charge on any atom is 0.209 e. The molecule has 0 atom stereocenters. The lowest BCUT2D eigenvalue weighted by Crippen LogP contribution is -1.96. The summed E-state index contributed by atoms with van der Waals surface area (Å²) in [5.41, 5.74) is 0.944. The molecule has 0 saturated heterocycles. The minimum absolute atomic E-state index is 0.626. The van der Waals surface area contributed by atoms with Crippen LogP contribution >= 0.6 is 22.9 Å². The molecule has 1 N–H and O–H groups in total. The van der Waals surface area contributed by atoms with E-state index in [9.17, 15) is 0 Å². The van der Waals surface area contributed by atoms with Crippen molar-refractivity contribution >= 4 is 22.9 Å². The Labute approximate surface area is 95.3 Å². The van der Waals surface area contributed by atoms with Crippen molar-refractivity contribution in [2.24, 2.45) is 0 Å². The van der Waals surface area contributed by atoms with Crippen molar-refractivity contribution < 1.29 is 4.42 Å². The number of hydrogen-bond donors (Lipinski definition) is 1. The zero-order chi connectivity index (χ0) is 9.80. The smallest absolute Gasteiger partial charge is 0.209 e. The minimum Gasteiger partial charge on any atom is -0.439 e. The lowest BCUT2D eigenvalue weighted by Gasteiger charge is -1.93. The molecule has 2 aromatic heterocycles. The van der Waals surface area contributed by atoms with E-state index in [4.69, 9.17) is 4.42 Å². The van der Waals surface area contributed by atoms with E-state index in [-0.39, 0.29) is 0 Å². The second-order valence-electron chi connectivity index (χ2n) is 2.67.